The first-order chi connectivity index (χ1) is 8.63. The highest BCUT2D eigenvalue weighted by molar-refractivity contribution is 6.03. The molecule has 0 aliphatic carbocycles. The van der Waals surface area contributed by atoms with E-state index in [1.165, 1.54) is 14.0 Å². The standard InChI is InChI=1S/C13H14O5/c1-8(14)12(13(15)16-2)9-3-4-10-11(7-9)18-6-5-17-10/h3-4,7,12H,5-6H2,1-2H3. The van der Waals surface area contributed by atoms with Crippen LogP contribution in [-0.2, 0) is 14.3 Å². The minimum Gasteiger partial charge on any atom is -0.486 e. The molecule has 1 unspecified atom stereocenters. The molecule has 0 aromatic heterocycles. The molecule has 1 aliphatic heterocycles. The molecule has 96 valence electrons. The van der Waals surface area contributed by atoms with E-state index in [1.54, 1.807) is 18.2 Å². The zero-order valence-corrected chi connectivity index (χ0v) is 10.3. The van der Waals surface area contributed by atoms with Crippen molar-refractivity contribution in [3.05, 3.63) is 23.8 Å². The molecule has 0 saturated heterocycles. The highest BCUT2D eigenvalue weighted by Gasteiger charge is 2.27. The first kappa shape index (κ1) is 12.4. The van der Waals surface area contributed by atoms with Gasteiger partial charge in [-0.15, -0.1) is 0 Å². The van der Waals surface area contributed by atoms with Crippen molar-refractivity contribution < 1.29 is 23.8 Å². The van der Waals surface area contributed by atoms with E-state index < -0.39 is 11.9 Å². The summed E-state index contributed by atoms with van der Waals surface area (Å²) in [4.78, 5) is 23.1. The van der Waals surface area contributed by atoms with Crippen LogP contribution >= 0.6 is 0 Å². The van der Waals surface area contributed by atoms with Crippen molar-refractivity contribution in [2.45, 2.75) is 12.8 Å². The summed E-state index contributed by atoms with van der Waals surface area (Å²) in [7, 11) is 1.26. The van der Waals surface area contributed by atoms with Crippen molar-refractivity contribution in [1.29, 1.82) is 0 Å². The van der Waals surface area contributed by atoms with E-state index in [1.807, 2.05) is 0 Å². The zero-order valence-electron chi connectivity index (χ0n) is 10.3. The zero-order chi connectivity index (χ0) is 13.1. The number of carbonyl (C=O) groups is 2. The van der Waals surface area contributed by atoms with E-state index >= 15 is 0 Å². The molecule has 2 rings (SSSR count). The van der Waals surface area contributed by atoms with Crippen molar-refractivity contribution in [1.82, 2.24) is 0 Å². The predicted molar refractivity (Wildman–Crippen MR) is 62.9 cm³/mol. The second kappa shape index (κ2) is 5.08. The Labute approximate surface area is 105 Å². The van der Waals surface area contributed by atoms with E-state index in [4.69, 9.17) is 9.47 Å². The number of hydrogen-bond acceptors (Lipinski definition) is 5. The summed E-state index contributed by atoms with van der Waals surface area (Å²) in [5.41, 5.74) is 0.554. The molecule has 1 heterocycles. The van der Waals surface area contributed by atoms with Crippen LogP contribution in [0.2, 0.25) is 0 Å². The third-order valence-corrected chi connectivity index (χ3v) is 2.74. The lowest BCUT2D eigenvalue weighted by Gasteiger charge is -2.20. The third-order valence-electron chi connectivity index (χ3n) is 2.74. The molecule has 0 radical (unpaired) electrons. The van der Waals surface area contributed by atoms with Crippen molar-refractivity contribution in [2.75, 3.05) is 20.3 Å². The first-order valence-corrected chi connectivity index (χ1v) is 5.61. The Hall–Kier alpha value is -2.04. The number of carbonyl (C=O) groups excluding carboxylic acids is 2. The summed E-state index contributed by atoms with van der Waals surface area (Å²) in [5, 5.41) is 0. The SMILES string of the molecule is COC(=O)C(C(C)=O)c1ccc2c(c1)OCCO2. The lowest BCUT2D eigenvalue weighted by molar-refractivity contribution is -0.145. The largest absolute Gasteiger partial charge is 0.486 e. The summed E-state index contributed by atoms with van der Waals surface area (Å²) < 4.78 is 15.4. The summed E-state index contributed by atoms with van der Waals surface area (Å²) in [5.74, 6) is -0.574. The van der Waals surface area contributed by atoms with Gasteiger partial charge in [-0.25, -0.2) is 0 Å². The van der Waals surface area contributed by atoms with Gasteiger partial charge < -0.3 is 14.2 Å². The van der Waals surface area contributed by atoms with Crippen molar-refractivity contribution >= 4 is 11.8 Å². The van der Waals surface area contributed by atoms with Gasteiger partial charge in [0.15, 0.2) is 11.5 Å². The molecule has 0 spiro atoms. The third kappa shape index (κ3) is 2.30. The Bertz CT molecular complexity index is 480. The summed E-state index contributed by atoms with van der Waals surface area (Å²) >= 11 is 0. The van der Waals surface area contributed by atoms with Crippen LogP contribution in [0.1, 0.15) is 18.4 Å². The van der Waals surface area contributed by atoms with Crippen LogP contribution in [0, 0.1) is 0 Å². The highest BCUT2D eigenvalue weighted by Crippen LogP contribution is 2.33. The van der Waals surface area contributed by atoms with Gasteiger partial charge in [0.1, 0.15) is 24.9 Å². The Morgan fingerprint density at radius 2 is 1.89 bits per heavy atom. The van der Waals surface area contributed by atoms with E-state index in [0.29, 0.717) is 30.3 Å². The Kier molecular flexibility index (Phi) is 3.50. The van der Waals surface area contributed by atoms with E-state index in [9.17, 15) is 9.59 Å². The Morgan fingerprint density at radius 1 is 1.22 bits per heavy atom. The maximum atomic E-state index is 11.6. The number of esters is 1. The molecule has 0 bridgehead atoms. The van der Waals surface area contributed by atoms with Gasteiger partial charge in [0.05, 0.1) is 7.11 Å². The van der Waals surface area contributed by atoms with E-state index in [0.717, 1.165) is 0 Å². The topological polar surface area (TPSA) is 61.8 Å². The second-order valence-electron chi connectivity index (χ2n) is 3.97. The molecule has 0 fully saturated rings. The van der Waals surface area contributed by atoms with Crippen molar-refractivity contribution in [3.8, 4) is 11.5 Å². The fourth-order valence-electron chi connectivity index (χ4n) is 1.89. The van der Waals surface area contributed by atoms with Crippen LogP contribution in [0.15, 0.2) is 18.2 Å². The van der Waals surface area contributed by atoms with Gasteiger partial charge in [-0.05, 0) is 24.6 Å². The van der Waals surface area contributed by atoms with Gasteiger partial charge in [0.2, 0.25) is 0 Å². The fraction of sp³-hybridized carbons (Fsp3) is 0.385. The molecule has 18 heavy (non-hydrogen) atoms. The quantitative estimate of drug-likeness (QED) is 0.597. The van der Waals surface area contributed by atoms with Crippen LogP contribution in [0.25, 0.3) is 0 Å². The molecule has 0 amide bonds. The number of benzene rings is 1. The summed E-state index contributed by atoms with van der Waals surface area (Å²) in [6.07, 6.45) is 0. The Balaban J connectivity index is 2.36. The summed E-state index contributed by atoms with van der Waals surface area (Å²) in [6.45, 7) is 2.32. The monoisotopic (exact) mass is 250 g/mol. The van der Waals surface area contributed by atoms with Crippen LogP contribution in [0.4, 0.5) is 0 Å². The average molecular weight is 250 g/mol. The molecule has 1 aromatic carbocycles. The van der Waals surface area contributed by atoms with Crippen molar-refractivity contribution in [3.63, 3.8) is 0 Å². The molecular formula is C13H14O5. The Morgan fingerprint density at radius 3 is 2.50 bits per heavy atom. The van der Waals surface area contributed by atoms with Crippen LogP contribution in [0.5, 0.6) is 11.5 Å². The maximum absolute atomic E-state index is 11.6. The molecule has 5 nitrogen and oxygen atoms in total. The average Bonchev–Trinajstić information content (AvgIpc) is 2.38. The molecule has 0 saturated carbocycles. The molecule has 1 aromatic rings. The van der Waals surface area contributed by atoms with Crippen LogP contribution in [-0.4, -0.2) is 32.1 Å². The summed E-state index contributed by atoms with van der Waals surface area (Å²) in [6, 6.07) is 5.02. The first-order valence-electron chi connectivity index (χ1n) is 5.61. The lowest BCUT2D eigenvalue weighted by atomic mass is 9.95. The van der Waals surface area contributed by atoms with E-state index in [-0.39, 0.29) is 5.78 Å². The van der Waals surface area contributed by atoms with Gasteiger partial charge in [0, 0.05) is 0 Å². The highest BCUT2D eigenvalue weighted by atomic mass is 16.6. The number of Topliss-reactive ketones (excluding diaryl/α,β-unsaturated/α-hetero) is 1. The molecule has 1 atom stereocenters. The van der Waals surface area contributed by atoms with Gasteiger partial charge in [-0.1, -0.05) is 6.07 Å². The lowest BCUT2D eigenvalue weighted by Crippen LogP contribution is -2.22. The molecule has 0 N–H and O–H groups in total. The van der Waals surface area contributed by atoms with Crippen molar-refractivity contribution in [2.24, 2.45) is 0 Å². The van der Waals surface area contributed by atoms with Gasteiger partial charge in [0.25, 0.3) is 0 Å². The fourth-order valence-corrected chi connectivity index (χ4v) is 1.89. The maximum Gasteiger partial charge on any atom is 0.320 e. The van der Waals surface area contributed by atoms with Gasteiger partial charge in [-0.3, -0.25) is 9.59 Å². The molecule has 5 heteroatoms. The number of hydrogen-bond donors (Lipinski definition) is 0. The van der Waals surface area contributed by atoms with Gasteiger partial charge in [-0.2, -0.15) is 0 Å². The number of methoxy groups -OCH3 is 1. The minimum absolute atomic E-state index is 0.265. The van der Waals surface area contributed by atoms with E-state index in [2.05, 4.69) is 4.74 Å². The van der Waals surface area contributed by atoms with Gasteiger partial charge >= 0.3 is 5.97 Å². The normalized spacial score (nSPS) is 14.8. The smallest absolute Gasteiger partial charge is 0.320 e. The number of ether oxygens (including phenoxy) is 3. The minimum atomic E-state index is -0.911. The number of rotatable bonds is 3. The number of ketones is 1. The molecule has 1 aliphatic rings. The molecular weight excluding hydrogens is 236 g/mol. The second-order valence-corrected chi connectivity index (χ2v) is 3.97. The predicted octanol–water partition coefficient (Wildman–Crippen LogP) is 1.30. The number of fused-ring (bicyclic) bond motifs is 1. The van der Waals surface area contributed by atoms with Crippen LogP contribution in [0.3, 0.4) is 0 Å². The van der Waals surface area contributed by atoms with Crippen LogP contribution < -0.4 is 9.47 Å².